The Morgan fingerprint density at radius 2 is 2.06 bits per heavy atom. The molecule has 2 nitrogen and oxygen atoms in total. The smallest absolute Gasteiger partial charge is 0.0779 e. The lowest BCUT2D eigenvalue weighted by Gasteiger charge is -2.27. The highest BCUT2D eigenvalue weighted by molar-refractivity contribution is 4.85. The Bertz CT molecular complexity index is 211. The van der Waals surface area contributed by atoms with Gasteiger partial charge in [-0.15, -0.1) is 0 Å². The number of hydrogen-bond acceptors (Lipinski definition) is 2. The summed E-state index contributed by atoms with van der Waals surface area (Å²) in [6.45, 7) is 6.65. The van der Waals surface area contributed by atoms with Crippen LogP contribution < -0.4 is 5.32 Å². The maximum absolute atomic E-state index is 5.82. The molecule has 1 N–H and O–H groups in total. The first-order valence-corrected chi connectivity index (χ1v) is 7.05. The summed E-state index contributed by atoms with van der Waals surface area (Å²) in [7, 11) is 0. The maximum Gasteiger partial charge on any atom is 0.0779 e. The normalized spacial score (nSPS) is 40.9. The second kappa shape index (κ2) is 5.50. The fraction of sp³-hybridized carbons (Fsp3) is 1.00. The SMILES string of the molecule is CC1CCCC(NCC2(C)CCCO2)CC1. The monoisotopic (exact) mass is 225 g/mol. The quantitative estimate of drug-likeness (QED) is 0.745. The number of rotatable bonds is 3. The Balaban J connectivity index is 1.72. The predicted molar refractivity (Wildman–Crippen MR) is 67.6 cm³/mol. The van der Waals surface area contributed by atoms with Gasteiger partial charge in [-0.25, -0.2) is 0 Å². The molecule has 3 unspecified atom stereocenters. The molecule has 0 spiro atoms. The molecule has 16 heavy (non-hydrogen) atoms. The highest BCUT2D eigenvalue weighted by Gasteiger charge is 2.30. The van der Waals surface area contributed by atoms with Gasteiger partial charge in [0.1, 0.15) is 0 Å². The lowest BCUT2D eigenvalue weighted by atomic mass is 10.0. The van der Waals surface area contributed by atoms with E-state index < -0.39 is 0 Å². The fourth-order valence-corrected chi connectivity index (χ4v) is 3.03. The third-order valence-electron chi connectivity index (χ3n) is 4.32. The van der Waals surface area contributed by atoms with Crippen LogP contribution in [-0.4, -0.2) is 24.8 Å². The summed E-state index contributed by atoms with van der Waals surface area (Å²) < 4.78 is 5.82. The van der Waals surface area contributed by atoms with Crippen LogP contribution >= 0.6 is 0 Å². The van der Waals surface area contributed by atoms with Crippen LogP contribution in [0, 0.1) is 5.92 Å². The van der Waals surface area contributed by atoms with Gasteiger partial charge in [0, 0.05) is 19.2 Å². The molecule has 1 heterocycles. The minimum atomic E-state index is 0.123. The zero-order chi connectivity index (χ0) is 11.4. The molecule has 0 amide bonds. The van der Waals surface area contributed by atoms with Crippen molar-refractivity contribution in [1.82, 2.24) is 5.32 Å². The number of nitrogens with one attached hydrogen (secondary N) is 1. The van der Waals surface area contributed by atoms with E-state index in [1.165, 1.54) is 44.9 Å². The van der Waals surface area contributed by atoms with E-state index in [0.29, 0.717) is 0 Å². The summed E-state index contributed by atoms with van der Waals surface area (Å²) in [6.07, 6.45) is 9.40. The van der Waals surface area contributed by atoms with Gasteiger partial charge in [-0.05, 0) is 44.9 Å². The summed E-state index contributed by atoms with van der Waals surface area (Å²) in [4.78, 5) is 0. The van der Waals surface area contributed by atoms with Crippen molar-refractivity contribution in [3.63, 3.8) is 0 Å². The van der Waals surface area contributed by atoms with Crippen LogP contribution in [0.3, 0.4) is 0 Å². The summed E-state index contributed by atoms with van der Waals surface area (Å²) in [5.41, 5.74) is 0.123. The van der Waals surface area contributed by atoms with E-state index in [4.69, 9.17) is 4.74 Å². The van der Waals surface area contributed by atoms with Crippen LogP contribution in [0.2, 0.25) is 0 Å². The summed E-state index contributed by atoms with van der Waals surface area (Å²) >= 11 is 0. The molecule has 0 bridgehead atoms. The van der Waals surface area contributed by atoms with E-state index in [-0.39, 0.29) is 5.60 Å². The standard InChI is InChI=1S/C14H27NO/c1-12-5-3-6-13(8-7-12)15-11-14(2)9-4-10-16-14/h12-13,15H,3-11H2,1-2H3. The van der Waals surface area contributed by atoms with Gasteiger partial charge in [0.25, 0.3) is 0 Å². The van der Waals surface area contributed by atoms with E-state index in [1.54, 1.807) is 0 Å². The van der Waals surface area contributed by atoms with Crippen molar-refractivity contribution in [3.05, 3.63) is 0 Å². The summed E-state index contributed by atoms with van der Waals surface area (Å²) in [5.74, 6) is 0.935. The van der Waals surface area contributed by atoms with E-state index in [1.807, 2.05) is 0 Å². The lowest BCUT2D eigenvalue weighted by molar-refractivity contribution is 0.0183. The molecule has 0 aromatic rings. The zero-order valence-corrected chi connectivity index (χ0v) is 10.9. The average Bonchev–Trinajstić information content (AvgIpc) is 2.58. The topological polar surface area (TPSA) is 21.3 Å². The molecule has 1 aliphatic carbocycles. The molecule has 0 aromatic heterocycles. The first-order chi connectivity index (χ1) is 7.68. The third kappa shape index (κ3) is 3.46. The van der Waals surface area contributed by atoms with E-state index in [2.05, 4.69) is 19.2 Å². The second-order valence-electron chi connectivity index (χ2n) is 6.09. The van der Waals surface area contributed by atoms with Gasteiger partial charge in [-0.2, -0.15) is 0 Å². The molecule has 1 saturated carbocycles. The van der Waals surface area contributed by atoms with Gasteiger partial charge in [0.2, 0.25) is 0 Å². The molecule has 1 aliphatic heterocycles. The molecule has 1 saturated heterocycles. The van der Waals surface area contributed by atoms with Gasteiger partial charge < -0.3 is 10.1 Å². The predicted octanol–water partition coefficient (Wildman–Crippen LogP) is 3.11. The third-order valence-corrected chi connectivity index (χ3v) is 4.32. The first kappa shape index (κ1) is 12.4. The van der Waals surface area contributed by atoms with Crippen LogP contribution in [-0.2, 0) is 4.74 Å². The number of ether oxygens (including phenoxy) is 1. The molecular formula is C14H27NO. The Labute approximate surface area is 100 Å². The van der Waals surface area contributed by atoms with Crippen molar-refractivity contribution in [2.24, 2.45) is 5.92 Å². The molecule has 2 aliphatic rings. The highest BCUT2D eigenvalue weighted by atomic mass is 16.5. The van der Waals surface area contributed by atoms with Crippen molar-refractivity contribution in [1.29, 1.82) is 0 Å². The Kier molecular flexibility index (Phi) is 4.26. The van der Waals surface area contributed by atoms with Gasteiger partial charge >= 0.3 is 0 Å². The minimum absolute atomic E-state index is 0.123. The van der Waals surface area contributed by atoms with Crippen molar-refractivity contribution >= 4 is 0 Å². The van der Waals surface area contributed by atoms with Crippen LogP contribution in [0.5, 0.6) is 0 Å². The van der Waals surface area contributed by atoms with Crippen LogP contribution in [0.4, 0.5) is 0 Å². The van der Waals surface area contributed by atoms with Crippen LogP contribution in [0.15, 0.2) is 0 Å². The summed E-state index contributed by atoms with van der Waals surface area (Å²) in [6, 6.07) is 0.742. The van der Waals surface area contributed by atoms with Crippen molar-refractivity contribution < 1.29 is 4.74 Å². The molecular weight excluding hydrogens is 198 g/mol. The van der Waals surface area contributed by atoms with Gasteiger partial charge in [-0.3, -0.25) is 0 Å². The van der Waals surface area contributed by atoms with Gasteiger partial charge in [-0.1, -0.05) is 19.8 Å². The largest absolute Gasteiger partial charge is 0.374 e. The average molecular weight is 225 g/mol. The molecule has 2 heteroatoms. The number of hydrogen-bond donors (Lipinski definition) is 1. The highest BCUT2D eigenvalue weighted by Crippen LogP contribution is 2.26. The van der Waals surface area contributed by atoms with Crippen molar-refractivity contribution in [2.45, 2.75) is 70.4 Å². The minimum Gasteiger partial charge on any atom is -0.374 e. The Morgan fingerprint density at radius 3 is 2.81 bits per heavy atom. The molecule has 2 fully saturated rings. The van der Waals surface area contributed by atoms with Gasteiger partial charge in [0.15, 0.2) is 0 Å². The van der Waals surface area contributed by atoms with Crippen molar-refractivity contribution in [2.75, 3.05) is 13.2 Å². The molecule has 2 rings (SSSR count). The second-order valence-corrected chi connectivity index (χ2v) is 6.09. The molecule has 0 radical (unpaired) electrons. The Hall–Kier alpha value is -0.0800. The van der Waals surface area contributed by atoms with Crippen LogP contribution in [0.1, 0.15) is 58.8 Å². The molecule has 3 atom stereocenters. The van der Waals surface area contributed by atoms with Gasteiger partial charge in [0.05, 0.1) is 5.60 Å². The zero-order valence-electron chi connectivity index (χ0n) is 10.9. The maximum atomic E-state index is 5.82. The lowest BCUT2D eigenvalue weighted by Crippen LogP contribution is -2.42. The van der Waals surface area contributed by atoms with Crippen molar-refractivity contribution in [3.8, 4) is 0 Å². The molecule has 0 aromatic carbocycles. The van der Waals surface area contributed by atoms with E-state index >= 15 is 0 Å². The molecule has 94 valence electrons. The van der Waals surface area contributed by atoms with E-state index in [0.717, 1.165) is 25.1 Å². The van der Waals surface area contributed by atoms with Crippen LogP contribution in [0.25, 0.3) is 0 Å². The fourth-order valence-electron chi connectivity index (χ4n) is 3.03. The van der Waals surface area contributed by atoms with E-state index in [9.17, 15) is 0 Å². The first-order valence-electron chi connectivity index (χ1n) is 7.05. The Morgan fingerprint density at radius 1 is 1.19 bits per heavy atom. The summed E-state index contributed by atoms with van der Waals surface area (Å²) in [5, 5.41) is 3.74.